The molecule has 0 aliphatic heterocycles. The van der Waals surface area contributed by atoms with Crippen molar-refractivity contribution in [2.45, 2.75) is 33.2 Å². The van der Waals surface area contributed by atoms with Crippen molar-refractivity contribution in [2.24, 2.45) is 11.1 Å². The van der Waals surface area contributed by atoms with Crippen LogP contribution < -0.4 is 11.1 Å². The molecule has 0 fully saturated rings. The lowest BCUT2D eigenvalue weighted by molar-refractivity contribution is -0.131. The Labute approximate surface area is 68.3 Å². The molecule has 3 nitrogen and oxygen atoms in total. The van der Waals surface area contributed by atoms with Crippen molar-refractivity contribution in [2.75, 3.05) is 7.05 Å². The zero-order chi connectivity index (χ0) is 9.28. The van der Waals surface area contributed by atoms with E-state index in [2.05, 4.69) is 5.32 Å². The van der Waals surface area contributed by atoms with Gasteiger partial charge in [-0.25, -0.2) is 0 Å². The Bertz CT molecular complexity index is 156. The molecule has 0 saturated carbocycles. The molecular weight excluding hydrogens is 140 g/mol. The molecule has 0 saturated heterocycles. The molecule has 0 bridgehead atoms. The van der Waals surface area contributed by atoms with Gasteiger partial charge in [0.05, 0.1) is 5.41 Å². The van der Waals surface area contributed by atoms with Crippen molar-refractivity contribution in [3.63, 3.8) is 0 Å². The number of nitrogens with one attached hydrogen (secondary N) is 1. The van der Waals surface area contributed by atoms with Gasteiger partial charge in [0, 0.05) is 12.6 Å². The summed E-state index contributed by atoms with van der Waals surface area (Å²) in [6.45, 7) is 7.38. The largest absolute Gasteiger partial charge is 0.359 e. The van der Waals surface area contributed by atoms with E-state index in [-0.39, 0.29) is 5.91 Å². The molecule has 0 aromatic heterocycles. The molecule has 66 valence electrons. The molecule has 0 heterocycles. The fourth-order valence-corrected chi connectivity index (χ4v) is 0.605. The zero-order valence-corrected chi connectivity index (χ0v) is 7.99. The highest BCUT2D eigenvalue weighted by atomic mass is 16.2. The highest BCUT2D eigenvalue weighted by Gasteiger charge is 2.39. The lowest BCUT2D eigenvalue weighted by Crippen LogP contribution is -2.54. The van der Waals surface area contributed by atoms with Crippen LogP contribution in [0, 0.1) is 5.41 Å². The van der Waals surface area contributed by atoms with Gasteiger partial charge < -0.3 is 11.1 Å². The SMILES string of the molecule is CNC(=O)C(C)(C)C(C)(C)N. The van der Waals surface area contributed by atoms with Crippen molar-refractivity contribution in [1.29, 1.82) is 0 Å². The lowest BCUT2D eigenvalue weighted by Gasteiger charge is -2.36. The molecule has 0 aromatic carbocycles. The Hall–Kier alpha value is -0.570. The van der Waals surface area contributed by atoms with Crippen molar-refractivity contribution in [1.82, 2.24) is 5.32 Å². The minimum atomic E-state index is -0.526. The van der Waals surface area contributed by atoms with E-state index in [4.69, 9.17) is 5.73 Å². The van der Waals surface area contributed by atoms with Crippen molar-refractivity contribution >= 4 is 5.91 Å². The van der Waals surface area contributed by atoms with Crippen molar-refractivity contribution in [3.05, 3.63) is 0 Å². The van der Waals surface area contributed by atoms with Gasteiger partial charge in [-0.1, -0.05) is 0 Å². The first-order chi connectivity index (χ1) is 4.73. The average molecular weight is 158 g/mol. The third-order valence-electron chi connectivity index (χ3n) is 2.41. The summed E-state index contributed by atoms with van der Waals surface area (Å²) in [7, 11) is 1.62. The molecule has 3 heteroatoms. The van der Waals surface area contributed by atoms with Crippen LogP contribution in [0.4, 0.5) is 0 Å². The Kier molecular flexibility index (Phi) is 2.67. The van der Waals surface area contributed by atoms with Crippen LogP contribution >= 0.6 is 0 Å². The minimum absolute atomic E-state index is 0.0231. The molecule has 11 heavy (non-hydrogen) atoms. The number of amides is 1. The second-order valence-corrected chi connectivity index (χ2v) is 3.93. The summed E-state index contributed by atoms with van der Waals surface area (Å²) < 4.78 is 0. The molecule has 0 spiro atoms. The first-order valence-corrected chi connectivity index (χ1v) is 3.74. The third kappa shape index (κ3) is 1.93. The van der Waals surface area contributed by atoms with Crippen LogP contribution in [0.3, 0.4) is 0 Å². The molecule has 1 amide bonds. The smallest absolute Gasteiger partial charge is 0.227 e. The fourth-order valence-electron chi connectivity index (χ4n) is 0.605. The van der Waals surface area contributed by atoms with E-state index in [9.17, 15) is 4.79 Å². The molecule has 0 atom stereocenters. The summed E-state index contributed by atoms with van der Waals surface area (Å²) in [6.07, 6.45) is 0. The van der Waals surface area contributed by atoms with E-state index in [0.29, 0.717) is 0 Å². The summed E-state index contributed by atoms with van der Waals surface area (Å²) in [5.74, 6) is -0.0231. The third-order valence-corrected chi connectivity index (χ3v) is 2.41. The molecule has 0 rings (SSSR count). The zero-order valence-electron chi connectivity index (χ0n) is 7.99. The van der Waals surface area contributed by atoms with Gasteiger partial charge in [0.2, 0.25) is 5.91 Å². The first-order valence-electron chi connectivity index (χ1n) is 3.74. The van der Waals surface area contributed by atoms with Crippen LogP contribution in [0.25, 0.3) is 0 Å². The molecule has 0 radical (unpaired) electrons. The summed E-state index contributed by atoms with van der Waals surface area (Å²) in [4.78, 5) is 11.3. The fraction of sp³-hybridized carbons (Fsp3) is 0.875. The second kappa shape index (κ2) is 2.81. The summed E-state index contributed by atoms with van der Waals surface area (Å²) >= 11 is 0. The average Bonchev–Trinajstić information content (AvgIpc) is 1.83. The van der Waals surface area contributed by atoms with Crippen LogP contribution in [-0.4, -0.2) is 18.5 Å². The molecule has 0 aliphatic carbocycles. The van der Waals surface area contributed by atoms with Crippen LogP contribution in [0.15, 0.2) is 0 Å². The maximum atomic E-state index is 11.3. The summed E-state index contributed by atoms with van der Waals surface area (Å²) in [5.41, 5.74) is 4.81. The van der Waals surface area contributed by atoms with E-state index in [1.54, 1.807) is 7.05 Å². The van der Waals surface area contributed by atoms with Crippen molar-refractivity contribution < 1.29 is 4.79 Å². The van der Waals surface area contributed by atoms with Crippen LogP contribution in [0.1, 0.15) is 27.7 Å². The topological polar surface area (TPSA) is 55.1 Å². The molecule has 0 aliphatic rings. The second-order valence-electron chi connectivity index (χ2n) is 3.93. The van der Waals surface area contributed by atoms with Gasteiger partial charge >= 0.3 is 0 Å². The standard InChI is InChI=1S/C8H18N2O/c1-7(2,6(11)10-5)8(3,4)9/h9H2,1-5H3,(H,10,11). The number of carbonyl (C=O) groups excluding carboxylic acids is 1. The van der Waals surface area contributed by atoms with Gasteiger partial charge in [0.1, 0.15) is 0 Å². The molecular formula is C8H18N2O. The Morgan fingerprint density at radius 1 is 1.27 bits per heavy atom. The molecule has 0 aromatic rings. The Balaban J connectivity index is 4.59. The van der Waals surface area contributed by atoms with Gasteiger partial charge in [-0.15, -0.1) is 0 Å². The number of hydrogen-bond donors (Lipinski definition) is 2. The van der Waals surface area contributed by atoms with E-state index in [0.717, 1.165) is 0 Å². The van der Waals surface area contributed by atoms with Crippen LogP contribution in [0.5, 0.6) is 0 Å². The Morgan fingerprint density at radius 2 is 1.64 bits per heavy atom. The summed E-state index contributed by atoms with van der Waals surface area (Å²) in [6, 6.07) is 0. The predicted octanol–water partition coefficient (Wildman–Crippen LogP) is 0.496. The lowest BCUT2D eigenvalue weighted by atomic mass is 9.74. The molecule has 0 unspecified atom stereocenters. The maximum Gasteiger partial charge on any atom is 0.227 e. The van der Waals surface area contributed by atoms with Gasteiger partial charge in [-0.2, -0.15) is 0 Å². The van der Waals surface area contributed by atoms with Gasteiger partial charge in [-0.05, 0) is 27.7 Å². The highest BCUT2D eigenvalue weighted by molar-refractivity contribution is 5.82. The van der Waals surface area contributed by atoms with Gasteiger partial charge in [0.25, 0.3) is 0 Å². The first kappa shape index (κ1) is 10.4. The van der Waals surface area contributed by atoms with E-state index >= 15 is 0 Å². The normalized spacial score (nSPS) is 12.9. The summed E-state index contributed by atoms with van der Waals surface area (Å²) in [5, 5.41) is 2.59. The predicted molar refractivity (Wildman–Crippen MR) is 46.1 cm³/mol. The van der Waals surface area contributed by atoms with Gasteiger partial charge in [0.15, 0.2) is 0 Å². The van der Waals surface area contributed by atoms with E-state index in [1.807, 2.05) is 27.7 Å². The quantitative estimate of drug-likeness (QED) is 0.614. The van der Waals surface area contributed by atoms with Gasteiger partial charge in [-0.3, -0.25) is 4.79 Å². The number of hydrogen-bond acceptors (Lipinski definition) is 2. The highest BCUT2D eigenvalue weighted by Crippen LogP contribution is 2.27. The molecule has 3 N–H and O–H groups in total. The van der Waals surface area contributed by atoms with E-state index in [1.165, 1.54) is 0 Å². The van der Waals surface area contributed by atoms with Crippen molar-refractivity contribution in [3.8, 4) is 0 Å². The number of rotatable bonds is 2. The Morgan fingerprint density at radius 3 is 1.73 bits per heavy atom. The minimum Gasteiger partial charge on any atom is -0.359 e. The number of nitrogens with two attached hydrogens (primary N) is 1. The maximum absolute atomic E-state index is 11.3. The number of carbonyl (C=O) groups is 1. The van der Waals surface area contributed by atoms with E-state index < -0.39 is 11.0 Å². The monoisotopic (exact) mass is 158 g/mol. The van der Waals surface area contributed by atoms with Crippen LogP contribution in [-0.2, 0) is 4.79 Å². The van der Waals surface area contributed by atoms with Crippen LogP contribution in [0.2, 0.25) is 0 Å².